The fourth-order valence-electron chi connectivity index (χ4n) is 2.33. The van der Waals surface area contributed by atoms with Crippen molar-refractivity contribution in [1.29, 1.82) is 0 Å². The number of ether oxygens (including phenoxy) is 2. The molecule has 0 bridgehead atoms. The lowest BCUT2D eigenvalue weighted by Gasteiger charge is -2.27. The fourth-order valence-corrected chi connectivity index (χ4v) is 2.33. The van der Waals surface area contributed by atoms with Gasteiger partial charge >= 0.3 is 0 Å². The molecule has 23 heavy (non-hydrogen) atoms. The maximum Gasteiger partial charge on any atom is 0.232 e. The second-order valence-electron chi connectivity index (χ2n) is 5.02. The summed E-state index contributed by atoms with van der Waals surface area (Å²) in [7, 11) is 0. The summed E-state index contributed by atoms with van der Waals surface area (Å²) >= 11 is 0. The SMILES string of the molecule is CCOC1Oc2ccccc2C(=O)C1=CNc1ccc(O)cc1. The Hall–Kier alpha value is -2.79. The van der Waals surface area contributed by atoms with Gasteiger partial charge in [-0.2, -0.15) is 0 Å². The first kappa shape index (κ1) is 15.1. The van der Waals surface area contributed by atoms with Gasteiger partial charge in [-0.05, 0) is 43.3 Å². The highest BCUT2D eigenvalue weighted by Crippen LogP contribution is 2.31. The van der Waals surface area contributed by atoms with Crippen molar-refractivity contribution in [1.82, 2.24) is 0 Å². The number of ketones is 1. The number of nitrogens with one attached hydrogen (secondary N) is 1. The van der Waals surface area contributed by atoms with Crippen molar-refractivity contribution in [3.63, 3.8) is 0 Å². The Morgan fingerprint density at radius 1 is 1.22 bits per heavy atom. The van der Waals surface area contributed by atoms with E-state index < -0.39 is 6.29 Å². The monoisotopic (exact) mass is 311 g/mol. The topological polar surface area (TPSA) is 67.8 Å². The van der Waals surface area contributed by atoms with Crippen LogP contribution in [0.4, 0.5) is 5.69 Å². The van der Waals surface area contributed by atoms with Gasteiger partial charge in [-0.1, -0.05) is 12.1 Å². The molecule has 0 fully saturated rings. The molecule has 2 aromatic rings. The molecule has 2 aromatic carbocycles. The minimum atomic E-state index is -0.744. The first-order chi connectivity index (χ1) is 11.2. The normalized spacial score (nSPS) is 18.4. The molecule has 0 saturated carbocycles. The average Bonchev–Trinajstić information content (AvgIpc) is 2.56. The van der Waals surface area contributed by atoms with Gasteiger partial charge in [0.25, 0.3) is 0 Å². The number of rotatable bonds is 4. The number of hydrogen-bond acceptors (Lipinski definition) is 5. The van der Waals surface area contributed by atoms with E-state index in [-0.39, 0.29) is 11.5 Å². The molecule has 1 unspecified atom stereocenters. The highest BCUT2D eigenvalue weighted by Gasteiger charge is 2.32. The third-order valence-corrected chi connectivity index (χ3v) is 3.46. The van der Waals surface area contributed by atoms with Crippen LogP contribution in [0, 0.1) is 0 Å². The van der Waals surface area contributed by atoms with E-state index in [9.17, 15) is 9.90 Å². The molecule has 1 heterocycles. The Kier molecular flexibility index (Phi) is 4.30. The number of benzene rings is 2. The number of hydrogen-bond donors (Lipinski definition) is 2. The number of phenolic OH excluding ortho intramolecular Hbond substituents is 1. The summed E-state index contributed by atoms with van der Waals surface area (Å²) in [5.41, 5.74) is 1.66. The molecule has 5 heteroatoms. The Morgan fingerprint density at radius 3 is 2.70 bits per heavy atom. The van der Waals surface area contributed by atoms with Crippen molar-refractivity contribution in [2.45, 2.75) is 13.2 Å². The van der Waals surface area contributed by atoms with Crippen molar-refractivity contribution in [2.24, 2.45) is 0 Å². The molecule has 1 aliphatic rings. The van der Waals surface area contributed by atoms with E-state index in [1.165, 1.54) is 0 Å². The van der Waals surface area contributed by atoms with E-state index >= 15 is 0 Å². The van der Waals surface area contributed by atoms with Gasteiger partial charge in [0.2, 0.25) is 6.29 Å². The second kappa shape index (κ2) is 6.54. The van der Waals surface area contributed by atoms with Gasteiger partial charge in [-0.25, -0.2) is 0 Å². The molecule has 5 nitrogen and oxygen atoms in total. The number of anilines is 1. The predicted octanol–water partition coefficient (Wildman–Crippen LogP) is 3.33. The number of para-hydroxylation sites is 1. The van der Waals surface area contributed by atoms with E-state index in [0.717, 1.165) is 5.69 Å². The second-order valence-corrected chi connectivity index (χ2v) is 5.02. The quantitative estimate of drug-likeness (QED) is 0.669. The largest absolute Gasteiger partial charge is 0.508 e. The van der Waals surface area contributed by atoms with Crippen molar-refractivity contribution in [3.05, 3.63) is 65.9 Å². The summed E-state index contributed by atoms with van der Waals surface area (Å²) in [5.74, 6) is 0.579. The number of fused-ring (bicyclic) bond motifs is 1. The number of phenols is 1. The van der Waals surface area contributed by atoms with Crippen LogP contribution in [0.1, 0.15) is 17.3 Å². The van der Waals surface area contributed by atoms with Gasteiger partial charge in [0.05, 0.1) is 11.1 Å². The molecular weight excluding hydrogens is 294 g/mol. The lowest BCUT2D eigenvalue weighted by molar-refractivity contribution is -0.0509. The average molecular weight is 311 g/mol. The van der Waals surface area contributed by atoms with Crippen LogP contribution in [0.3, 0.4) is 0 Å². The van der Waals surface area contributed by atoms with Crippen LogP contribution in [-0.2, 0) is 4.74 Å². The number of carbonyl (C=O) groups excluding carboxylic acids is 1. The van der Waals surface area contributed by atoms with Crippen LogP contribution in [-0.4, -0.2) is 23.8 Å². The van der Waals surface area contributed by atoms with Crippen LogP contribution in [0.15, 0.2) is 60.3 Å². The smallest absolute Gasteiger partial charge is 0.232 e. The Morgan fingerprint density at radius 2 is 1.96 bits per heavy atom. The first-order valence-corrected chi connectivity index (χ1v) is 7.36. The molecule has 1 atom stereocenters. The van der Waals surface area contributed by atoms with Gasteiger partial charge in [-0.15, -0.1) is 0 Å². The Labute approximate surface area is 134 Å². The maximum absolute atomic E-state index is 12.7. The first-order valence-electron chi connectivity index (χ1n) is 7.36. The standard InChI is InChI=1S/C18H17NO4/c1-2-22-18-15(11-19-12-7-9-13(20)10-8-12)17(21)14-5-3-4-6-16(14)23-18/h3-11,18-20H,2H2,1H3. The Bertz CT molecular complexity index is 737. The van der Waals surface area contributed by atoms with Crippen molar-refractivity contribution in [3.8, 4) is 11.5 Å². The number of aromatic hydroxyl groups is 1. The van der Waals surface area contributed by atoms with Crippen molar-refractivity contribution in [2.75, 3.05) is 11.9 Å². The molecule has 0 saturated heterocycles. The molecule has 118 valence electrons. The lowest BCUT2D eigenvalue weighted by Crippen LogP contribution is -2.33. The summed E-state index contributed by atoms with van der Waals surface area (Å²) in [4.78, 5) is 12.7. The molecule has 0 aromatic heterocycles. The zero-order chi connectivity index (χ0) is 16.2. The van der Waals surface area contributed by atoms with Crippen molar-refractivity contribution < 1.29 is 19.4 Å². The van der Waals surface area contributed by atoms with E-state index in [1.807, 2.05) is 13.0 Å². The van der Waals surface area contributed by atoms with Crippen molar-refractivity contribution >= 4 is 11.5 Å². The highest BCUT2D eigenvalue weighted by atomic mass is 16.7. The molecule has 3 rings (SSSR count). The number of carbonyl (C=O) groups is 1. The zero-order valence-corrected chi connectivity index (χ0v) is 12.7. The molecule has 0 aliphatic carbocycles. The third kappa shape index (κ3) is 3.19. The Balaban J connectivity index is 1.89. The summed E-state index contributed by atoms with van der Waals surface area (Å²) < 4.78 is 11.3. The maximum atomic E-state index is 12.7. The summed E-state index contributed by atoms with van der Waals surface area (Å²) in [6.45, 7) is 2.27. The summed E-state index contributed by atoms with van der Waals surface area (Å²) in [6.07, 6.45) is 0.845. The van der Waals surface area contributed by atoms with E-state index in [2.05, 4.69) is 5.32 Å². The van der Waals surface area contributed by atoms with E-state index in [0.29, 0.717) is 23.5 Å². The minimum absolute atomic E-state index is 0.128. The van der Waals surface area contributed by atoms with Crippen LogP contribution >= 0.6 is 0 Å². The zero-order valence-electron chi connectivity index (χ0n) is 12.7. The highest BCUT2D eigenvalue weighted by molar-refractivity contribution is 6.12. The van der Waals surface area contributed by atoms with Gasteiger partial charge in [0, 0.05) is 18.5 Å². The third-order valence-electron chi connectivity index (χ3n) is 3.46. The molecule has 0 radical (unpaired) electrons. The van der Waals surface area contributed by atoms with Crippen LogP contribution in [0.2, 0.25) is 0 Å². The van der Waals surface area contributed by atoms with E-state index in [1.54, 1.807) is 48.7 Å². The minimum Gasteiger partial charge on any atom is -0.508 e. The van der Waals surface area contributed by atoms with Gasteiger partial charge in [0.1, 0.15) is 11.5 Å². The van der Waals surface area contributed by atoms with Crippen LogP contribution in [0.25, 0.3) is 0 Å². The van der Waals surface area contributed by atoms with Gasteiger partial charge in [-0.3, -0.25) is 4.79 Å². The molecule has 2 N–H and O–H groups in total. The molecule has 0 spiro atoms. The van der Waals surface area contributed by atoms with Gasteiger partial charge < -0.3 is 19.9 Å². The predicted molar refractivity (Wildman–Crippen MR) is 86.6 cm³/mol. The van der Waals surface area contributed by atoms with Gasteiger partial charge in [0.15, 0.2) is 5.78 Å². The fraction of sp³-hybridized carbons (Fsp3) is 0.167. The molecular formula is C18H17NO4. The number of Topliss-reactive ketones (excluding diaryl/α,β-unsaturated/α-hetero) is 1. The summed E-state index contributed by atoms with van der Waals surface area (Å²) in [6, 6.07) is 13.7. The molecule has 0 amide bonds. The van der Waals surface area contributed by atoms with Crippen LogP contribution < -0.4 is 10.1 Å². The van der Waals surface area contributed by atoms with Crippen LogP contribution in [0.5, 0.6) is 11.5 Å². The van der Waals surface area contributed by atoms with E-state index in [4.69, 9.17) is 9.47 Å². The summed E-state index contributed by atoms with van der Waals surface area (Å²) in [5, 5.41) is 12.3. The molecule has 1 aliphatic heterocycles. The lowest BCUT2D eigenvalue weighted by atomic mass is 10.00.